The van der Waals surface area contributed by atoms with Crippen LogP contribution in [0.25, 0.3) is 103 Å². The minimum Gasteiger partial charge on any atom is -0.245 e. The maximum Gasteiger partial charge on any atom is 0.0972 e. The Kier molecular flexibility index (Phi) is 7.60. The topological polar surface area (TPSA) is 25.8 Å². The van der Waals surface area contributed by atoms with Crippen LogP contribution in [-0.4, -0.2) is 9.97 Å². The smallest absolute Gasteiger partial charge is 0.0972 e. The van der Waals surface area contributed by atoms with Gasteiger partial charge in [0.05, 0.1) is 22.4 Å². The average Bonchev–Trinajstić information content (AvgIpc) is 3.75. The zero-order valence-electron chi connectivity index (χ0n) is 29.0. The van der Waals surface area contributed by atoms with E-state index in [0.29, 0.717) is 0 Å². The van der Waals surface area contributed by atoms with Gasteiger partial charge >= 0.3 is 0 Å². The van der Waals surface area contributed by atoms with Crippen molar-refractivity contribution in [2.45, 2.75) is 6.92 Å². The Morgan fingerprint density at radius 2 is 0.962 bits per heavy atom. The first-order valence-electron chi connectivity index (χ1n) is 17.8. The van der Waals surface area contributed by atoms with Crippen LogP contribution in [0.2, 0.25) is 0 Å². The van der Waals surface area contributed by atoms with Crippen molar-refractivity contribution in [1.82, 2.24) is 9.97 Å². The summed E-state index contributed by atoms with van der Waals surface area (Å²) in [6, 6.07) is 52.6. The fourth-order valence-corrected chi connectivity index (χ4v) is 9.57. The Hall–Kier alpha value is -6.20. The van der Waals surface area contributed by atoms with E-state index in [4.69, 9.17) is 9.97 Å². The molecular weight excluding hydrogens is 681 g/mol. The molecule has 0 radical (unpaired) electrons. The summed E-state index contributed by atoms with van der Waals surface area (Å²) in [5, 5.41) is 6.07. The molecule has 0 saturated heterocycles. The standard InChI is InChI=1S/C49H32N2S2/c1-3-4-7-39-30(2)52-46-26-22-37(28-41(39)46)31-10-14-33(15-11-31)43-24-20-35-18-19-36-21-25-44(51-49(36)48(35)50-43)34-16-12-32(13-17-34)38-23-27-47-42(29-38)40-8-5-6-9-45(40)53-47/h3-29H,1H2,2H3/b7-4-. The van der Waals surface area contributed by atoms with Gasteiger partial charge in [0.1, 0.15) is 0 Å². The molecule has 10 aromatic rings. The van der Waals surface area contributed by atoms with E-state index in [9.17, 15) is 0 Å². The number of pyridine rings is 2. The Morgan fingerprint density at radius 3 is 1.57 bits per heavy atom. The fourth-order valence-electron chi connectivity index (χ4n) is 7.45. The largest absolute Gasteiger partial charge is 0.245 e. The van der Waals surface area contributed by atoms with Crippen molar-refractivity contribution in [2.24, 2.45) is 0 Å². The molecule has 4 heterocycles. The van der Waals surface area contributed by atoms with Gasteiger partial charge in [0.2, 0.25) is 0 Å². The van der Waals surface area contributed by atoms with Crippen LogP contribution in [0, 0.1) is 6.92 Å². The van der Waals surface area contributed by atoms with E-state index in [0.717, 1.165) is 44.3 Å². The van der Waals surface area contributed by atoms with Gasteiger partial charge in [-0.25, -0.2) is 9.97 Å². The molecule has 0 fully saturated rings. The molecule has 0 N–H and O–H groups in total. The van der Waals surface area contributed by atoms with E-state index in [1.807, 2.05) is 34.8 Å². The molecule has 4 heteroatoms. The summed E-state index contributed by atoms with van der Waals surface area (Å²) in [6.45, 7) is 6.03. The monoisotopic (exact) mass is 712 g/mol. The number of aryl methyl sites for hydroxylation is 1. The number of benzene rings is 6. The SMILES string of the molecule is C=C/C=C\c1c(C)sc2ccc(-c3ccc(-c4ccc5ccc6ccc(-c7ccc(-c8ccc9sc%10ccccc%10c9c8)cc7)nc6c5n4)cc3)cc12. The van der Waals surface area contributed by atoms with E-state index in [1.54, 1.807) is 0 Å². The zero-order chi connectivity index (χ0) is 35.5. The summed E-state index contributed by atoms with van der Waals surface area (Å²) >= 11 is 3.69. The third-order valence-corrected chi connectivity index (χ3v) is 12.5. The van der Waals surface area contributed by atoms with Crippen molar-refractivity contribution in [3.05, 3.63) is 175 Å². The van der Waals surface area contributed by atoms with Gasteiger partial charge in [0.25, 0.3) is 0 Å². The summed E-state index contributed by atoms with van der Waals surface area (Å²) < 4.78 is 3.95. The fraction of sp³-hybridized carbons (Fsp3) is 0.0204. The Balaban J connectivity index is 0.967. The quantitative estimate of drug-likeness (QED) is 0.127. The lowest BCUT2D eigenvalue weighted by Crippen LogP contribution is -1.91. The van der Waals surface area contributed by atoms with Gasteiger partial charge in [-0.1, -0.05) is 128 Å². The first-order valence-corrected chi connectivity index (χ1v) is 19.4. The number of thiophene rings is 2. The third kappa shape index (κ3) is 5.55. The predicted octanol–water partition coefficient (Wildman–Crippen LogP) is 14.5. The minimum atomic E-state index is 0.914. The van der Waals surface area contributed by atoms with Crippen LogP contribution in [0.3, 0.4) is 0 Å². The van der Waals surface area contributed by atoms with Crippen molar-refractivity contribution < 1.29 is 0 Å². The maximum absolute atomic E-state index is 5.21. The molecule has 0 aliphatic heterocycles. The van der Waals surface area contributed by atoms with E-state index in [2.05, 4.69) is 165 Å². The highest BCUT2D eigenvalue weighted by atomic mass is 32.1. The van der Waals surface area contributed by atoms with Gasteiger partial charge in [-0.2, -0.15) is 0 Å². The number of fused-ring (bicyclic) bond motifs is 7. The first-order chi connectivity index (χ1) is 26.1. The molecule has 2 nitrogen and oxygen atoms in total. The zero-order valence-corrected chi connectivity index (χ0v) is 30.6. The van der Waals surface area contributed by atoms with Crippen molar-refractivity contribution in [1.29, 1.82) is 0 Å². The Morgan fingerprint density at radius 1 is 0.472 bits per heavy atom. The molecule has 0 spiro atoms. The molecule has 0 aliphatic rings. The van der Waals surface area contributed by atoms with Crippen LogP contribution >= 0.6 is 22.7 Å². The van der Waals surface area contributed by atoms with Crippen LogP contribution in [-0.2, 0) is 0 Å². The lowest BCUT2D eigenvalue weighted by Gasteiger charge is -2.09. The predicted molar refractivity (Wildman–Crippen MR) is 231 cm³/mol. The molecule has 0 saturated carbocycles. The van der Waals surface area contributed by atoms with Gasteiger partial charge in [0.15, 0.2) is 0 Å². The lowest BCUT2D eigenvalue weighted by molar-refractivity contribution is 1.36. The van der Waals surface area contributed by atoms with E-state index in [-0.39, 0.29) is 0 Å². The van der Waals surface area contributed by atoms with Crippen LogP contribution in [0.4, 0.5) is 0 Å². The molecule has 0 bridgehead atoms. The highest BCUT2D eigenvalue weighted by Gasteiger charge is 2.12. The highest BCUT2D eigenvalue weighted by molar-refractivity contribution is 7.25. The number of aromatic nitrogens is 2. The van der Waals surface area contributed by atoms with Crippen LogP contribution < -0.4 is 0 Å². The van der Waals surface area contributed by atoms with Crippen molar-refractivity contribution in [2.75, 3.05) is 0 Å². The summed E-state index contributed by atoms with van der Waals surface area (Å²) in [4.78, 5) is 11.7. The van der Waals surface area contributed by atoms with Gasteiger partial charge in [-0.15, -0.1) is 22.7 Å². The second kappa shape index (κ2) is 12.8. The second-order valence-electron chi connectivity index (χ2n) is 13.4. The molecule has 53 heavy (non-hydrogen) atoms. The number of hydrogen-bond donors (Lipinski definition) is 0. The molecule has 0 aliphatic carbocycles. The third-order valence-electron chi connectivity index (χ3n) is 10.2. The van der Waals surface area contributed by atoms with Gasteiger partial charge < -0.3 is 0 Å². The molecule has 0 unspecified atom stereocenters. The molecule has 250 valence electrons. The number of nitrogens with zero attached hydrogens (tertiary/aromatic N) is 2. The molecule has 4 aromatic heterocycles. The van der Waals surface area contributed by atoms with Crippen molar-refractivity contribution in [3.63, 3.8) is 0 Å². The lowest BCUT2D eigenvalue weighted by atomic mass is 9.99. The van der Waals surface area contributed by atoms with Gasteiger partial charge in [-0.3, -0.25) is 0 Å². The molecular formula is C49H32N2S2. The van der Waals surface area contributed by atoms with Gasteiger partial charge in [0, 0.05) is 57.0 Å². The van der Waals surface area contributed by atoms with Crippen molar-refractivity contribution >= 4 is 80.8 Å². The van der Waals surface area contributed by atoms with Crippen LogP contribution in [0.15, 0.2) is 164 Å². The molecule has 10 rings (SSSR count). The Labute approximate surface area is 315 Å². The number of rotatable bonds is 6. The molecule has 6 aromatic carbocycles. The van der Waals surface area contributed by atoms with Crippen molar-refractivity contribution in [3.8, 4) is 44.8 Å². The summed E-state index contributed by atoms with van der Waals surface area (Å²) in [5.41, 5.74) is 11.9. The molecule has 0 amide bonds. The van der Waals surface area contributed by atoms with E-state index in [1.165, 1.54) is 63.0 Å². The summed E-state index contributed by atoms with van der Waals surface area (Å²) in [6.07, 6.45) is 6.00. The minimum absolute atomic E-state index is 0.914. The van der Waals surface area contributed by atoms with Gasteiger partial charge in [-0.05, 0) is 77.2 Å². The van der Waals surface area contributed by atoms with E-state index >= 15 is 0 Å². The normalized spacial score (nSPS) is 11.9. The highest BCUT2D eigenvalue weighted by Crippen LogP contribution is 2.38. The Bertz CT molecular complexity index is 3070. The second-order valence-corrected chi connectivity index (χ2v) is 15.8. The number of allylic oxidation sites excluding steroid dienone is 2. The maximum atomic E-state index is 5.21. The number of hydrogen-bond acceptors (Lipinski definition) is 4. The van der Waals surface area contributed by atoms with Crippen LogP contribution in [0.1, 0.15) is 10.4 Å². The summed E-state index contributed by atoms with van der Waals surface area (Å²) in [5.74, 6) is 0. The average molecular weight is 713 g/mol. The van der Waals surface area contributed by atoms with E-state index < -0.39 is 0 Å². The van der Waals surface area contributed by atoms with Crippen LogP contribution in [0.5, 0.6) is 0 Å². The first kappa shape index (κ1) is 31.5. The molecule has 0 atom stereocenters. The summed E-state index contributed by atoms with van der Waals surface area (Å²) in [7, 11) is 0.